The van der Waals surface area contributed by atoms with Crippen LogP contribution in [0.15, 0.2) is 10.9 Å². The van der Waals surface area contributed by atoms with Gasteiger partial charge in [-0.05, 0) is 19.4 Å². The van der Waals surface area contributed by atoms with Crippen molar-refractivity contribution in [3.05, 3.63) is 32.6 Å². The monoisotopic (exact) mass is 296 g/mol. The molecule has 2 aromatic rings. The largest absolute Gasteiger partial charge is 0.465 e. The van der Waals surface area contributed by atoms with Crippen molar-refractivity contribution in [1.82, 2.24) is 4.98 Å². The van der Waals surface area contributed by atoms with E-state index in [0.717, 1.165) is 10.4 Å². The SMILES string of the molecule is COC(=O)c1c(NC(=O)c2cscn2)sc(C)c1C. The zero-order chi connectivity index (χ0) is 14.0. The van der Waals surface area contributed by atoms with Gasteiger partial charge in [0, 0.05) is 10.3 Å². The van der Waals surface area contributed by atoms with Crippen LogP contribution in [0, 0.1) is 13.8 Å². The minimum Gasteiger partial charge on any atom is -0.465 e. The van der Waals surface area contributed by atoms with E-state index in [-0.39, 0.29) is 5.91 Å². The second kappa shape index (κ2) is 5.50. The Morgan fingerprint density at radius 1 is 1.37 bits per heavy atom. The van der Waals surface area contributed by atoms with Crippen LogP contribution in [0.4, 0.5) is 5.00 Å². The van der Waals surface area contributed by atoms with Gasteiger partial charge in [-0.1, -0.05) is 0 Å². The first-order valence-electron chi connectivity index (χ1n) is 5.42. The maximum Gasteiger partial charge on any atom is 0.341 e. The Labute approximate surface area is 118 Å². The Bertz CT molecular complexity index is 617. The van der Waals surface area contributed by atoms with Gasteiger partial charge in [-0.25, -0.2) is 9.78 Å². The fourth-order valence-electron chi connectivity index (χ4n) is 1.55. The molecule has 0 atom stereocenters. The van der Waals surface area contributed by atoms with Gasteiger partial charge in [-0.15, -0.1) is 22.7 Å². The lowest BCUT2D eigenvalue weighted by atomic mass is 10.1. The molecule has 1 N–H and O–H groups in total. The van der Waals surface area contributed by atoms with E-state index in [1.54, 1.807) is 10.9 Å². The number of aromatic nitrogens is 1. The fourth-order valence-corrected chi connectivity index (χ4v) is 3.13. The van der Waals surface area contributed by atoms with Gasteiger partial charge in [0.05, 0.1) is 18.2 Å². The Hall–Kier alpha value is -1.73. The van der Waals surface area contributed by atoms with Gasteiger partial charge < -0.3 is 10.1 Å². The van der Waals surface area contributed by atoms with Crippen molar-refractivity contribution in [2.45, 2.75) is 13.8 Å². The first-order valence-corrected chi connectivity index (χ1v) is 7.18. The smallest absolute Gasteiger partial charge is 0.341 e. The summed E-state index contributed by atoms with van der Waals surface area (Å²) in [4.78, 5) is 28.6. The van der Waals surface area contributed by atoms with Crippen LogP contribution in [0.2, 0.25) is 0 Å². The summed E-state index contributed by atoms with van der Waals surface area (Å²) in [5.74, 6) is -0.775. The third-order valence-electron chi connectivity index (χ3n) is 2.67. The topological polar surface area (TPSA) is 68.3 Å². The summed E-state index contributed by atoms with van der Waals surface area (Å²) in [6.07, 6.45) is 0. The molecular weight excluding hydrogens is 284 g/mol. The Morgan fingerprint density at radius 2 is 2.11 bits per heavy atom. The molecule has 19 heavy (non-hydrogen) atoms. The number of thiazole rings is 1. The summed E-state index contributed by atoms with van der Waals surface area (Å²) < 4.78 is 4.75. The number of methoxy groups -OCH3 is 1. The second-order valence-electron chi connectivity index (χ2n) is 3.81. The Morgan fingerprint density at radius 3 is 2.68 bits per heavy atom. The third-order valence-corrected chi connectivity index (χ3v) is 4.38. The Balaban J connectivity index is 2.33. The number of rotatable bonds is 3. The van der Waals surface area contributed by atoms with Crippen LogP contribution in [0.25, 0.3) is 0 Å². The van der Waals surface area contributed by atoms with Crippen molar-refractivity contribution in [3.63, 3.8) is 0 Å². The highest BCUT2D eigenvalue weighted by atomic mass is 32.1. The summed E-state index contributed by atoms with van der Waals surface area (Å²) in [6.45, 7) is 3.72. The van der Waals surface area contributed by atoms with Gasteiger partial charge in [0.2, 0.25) is 0 Å². The lowest BCUT2D eigenvalue weighted by Crippen LogP contribution is -2.14. The van der Waals surface area contributed by atoms with Crippen molar-refractivity contribution in [3.8, 4) is 0 Å². The van der Waals surface area contributed by atoms with Gasteiger partial charge in [0.1, 0.15) is 10.7 Å². The Kier molecular flexibility index (Phi) is 3.96. The highest BCUT2D eigenvalue weighted by Gasteiger charge is 2.22. The van der Waals surface area contributed by atoms with Gasteiger partial charge >= 0.3 is 5.97 Å². The van der Waals surface area contributed by atoms with E-state index >= 15 is 0 Å². The number of nitrogens with zero attached hydrogens (tertiary/aromatic N) is 1. The summed E-state index contributed by atoms with van der Waals surface area (Å²) in [5, 5.41) is 4.87. The molecule has 0 aliphatic heterocycles. The van der Waals surface area contributed by atoms with E-state index in [9.17, 15) is 9.59 Å². The molecule has 5 nitrogen and oxygen atoms in total. The van der Waals surface area contributed by atoms with E-state index in [0.29, 0.717) is 16.3 Å². The molecule has 2 aromatic heterocycles. The predicted molar refractivity (Wildman–Crippen MR) is 75.2 cm³/mol. The zero-order valence-electron chi connectivity index (χ0n) is 10.6. The van der Waals surface area contributed by atoms with E-state index in [1.165, 1.54) is 29.8 Å². The van der Waals surface area contributed by atoms with Crippen molar-refractivity contribution >= 4 is 39.6 Å². The van der Waals surface area contributed by atoms with E-state index in [1.807, 2.05) is 13.8 Å². The first-order chi connectivity index (χ1) is 9.04. The molecule has 0 aliphatic rings. The summed E-state index contributed by atoms with van der Waals surface area (Å²) in [5.41, 5.74) is 3.16. The molecule has 0 aliphatic carbocycles. The summed E-state index contributed by atoms with van der Waals surface area (Å²) in [7, 11) is 1.32. The number of carbonyl (C=O) groups excluding carboxylic acids is 2. The average Bonchev–Trinajstić information content (AvgIpc) is 2.99. The molecule has 0 unspecified atom stereocenters. The summed E-state index contributed by atoms with van der Waals surface area (Å²) in [6, 6.07) is 0. The molecule has 7 heteroatoms. The molecule has 0 saturated carbocycles. The fraction of sp³-hybridized carbons (Fsp3) is 0.250. The number of aryl methyl sites for hydroxylation is 1. The maximum atomic E-state index is 11.9. The van der Waals surface area contributed by atoms with Crippen LogP contribution in [0.5, 0.6) is 0 Å². The lowest BCUT2D eigenvalue weighted by molar-refractivity contribution is 0.0601. The van der Waals surface area contributed by atoms with Crippen LogP contribution < -0.4 is 5.32 Å². The van der Waals surface area contributed by atoms with Crippen LogP contribution in [0.3, 0.4) is 0 Å². The third kappa shape index (κ3) is 2.66. The van der Waals surface area contributed by atoms with E-state index in [4.69, 9.17) is 4.74 Å². The molecule has 0 radical (unpaired) electrons. The normalized spacial score (nSPS) is 10.3. The van der Waals surface area contributed by atoms with Crippen LogP contribution in [0.1, 0.15) is 31.3 Å². The molecule has 0 aromatic carbocycles. The van der Waals surface area contributed by atoms with Crippen molar-refractivity contribution in [2.75, 3.05) is 12.4 Å². The van der Waals surface area contributed by atoms with Crippen LogP contribution in [-0.4, -0.2) is 24.0 Å². The highest BCUT2D eigenvalue weighted by Crippen LogP contribution is 2.33. The van der Waals surface area contributed by atoms with Crippen molar-refractivity contribution in [1.29, 1.82) is 0 Å². The summed E-state index contributed by atoms with van der Waals surface area (Å²) >= 11 is 2.69. The number of carbonyl (C=O) groups is 2. The minimum absolute atomic E-state index is 0.326. The predicted octanol–water partition coefficient (Wildman–Crippen LogP) is 2.86. The number of amides is 1. The number of hydrogen-bond donors (Lipinski definition) is 1. The molecule has 2 rings (SSSR count). The molecule has 0 saturated heterocycles. The van der Waals surface area contributed by atoms with E-state index in [2.05, 4.69) is 10.3 Å². The first kappa shape index (κ1) is 13.7. The van der Waals surface area contributed by atoms with Gasteiger partial charge in [-0.3, -0.25) is 4.79 Å². The van der Waals surface area contributed by atoms with Gasteiger partial charge in [0.15, 0.2) is 0 Å². The molecule has 0 fully saturated rings. The number of esters is 1. The standard InChI is InChI=1S/C12H12N2O3S2/c1-6-7(2)19-11(9(6)12(16)17-3)14-10(15)8-4-18-5-13-8/h4-5H,1-3H3,(H,14,15). The van der Waals surface area contributed by atoms with E-state index < -0.39 is 5.97 Å². The number of ether oxygens (including phenoxy) is 1. The molecule has 100 valence electrons. The average molecular weight is 296 g/mol. The van der Waals surface area contributed by atoms with Crippen molar-refractivity contribution < 1.29 is 14.3 Å². The molecule has 2 heterocycles. The quantitative estimate of drug-likeness (QED) is 0.884. The lowest BCUT2D eigenvalue weighted by Gasteiger charge is -2.04. The number of nitrogens with one attached hydrogen (secondary N) is 1. The van der Waals surface area contributed by atoms with Gasteiger partial charge in [0.25, 0.3) is 5.91 Å². The number of thiophene rings is 1. The minimum atomic E-state index is -0.449. The molecule has 1 amide bonds. The molecule has 0 bridgehead atoms. The van der Waals surface area contributed by atoms with Gasteiger partial charge in [-0.2, -0.15) is 0 Å². The number of anilines is 1. The highest BCUT2D eigenvalue weighted by molar-refractivity contribution is 7.16. The molecule has 0 spiro atoms. The second-order valence-corrected chi connectivity index (χ2v) is 5.75. The maximum absolute atomic E-state index is 11.9. The zero-order valence-corrected chi connectivity index (χ0v) is 12.3. The van der Waals surface area contributed by atoms with Crippen molar-refractivity contribution in [2.24, 2.45) is 0 Å². The van der Waals surface area contributed by atoms with Crippen LogP contribution >= 0.6 is 22.7 Å². The molecular formula is C12H12N2O3S2. The van der Waals surface area contributed by atoms with Crippen LogP contribution in [-0.2, 0) is 4.74 Å². The number of hydrogen-bond acceptors (Lipinski definition) is 6.